The van der Waals surface area contributed by atoms with Crippen molar-refractivity contribution in [3.63, 3.8) is 0 Å². The number of halogens is 3. The predicted molar refractivity (Wildman–Crippen MR) is 156 cm³/mol. The molecular formula is C30H30F3N7O4. The second-order valence-corrected chi connectivity index (χ2v) is 10.1. The topological polar surface area (TPSA) is 126 Å². The number of carbonyl (C=O) groups is 1. The molecule has 0 aliphatic carbocycles. The number of aromatic nitrogens is 3. The summed E-state index contributed by atoms with van der Waals surface area (Å²) in [5.74, 6) is 0.830. The maximum absolute atomic E-state index is 12.6. The molecule has 2 heterocycles. The van der Waals surface area contributed by atoms with Crippen LogP contribution in [0.15, 0.2) is 78.0 Å². The summed E-state index contributed by atoms with van der Waals surface area (Å²) in [4.78, 5) is 22.6. The SMILES string of the molecule is COc1ccc(N2C(=O)CN=C2NC(O)NC(C)Cc2ccc(-c3ncn(-c4ccc(OC(F)(F)F)cc4)n3)cc2)c(C)c1. The summed E-state index contributed by atoms with van der Waals surface area (Å²) in [5.41, 5.74) is 3.74. The number of aliphatic imine (C=N–C) groups is 1. The lowest BCUT2D eigenvalue weighted by atomic mass is 10.0. The molecule has 0 spiro atoms. The molecule has 2 unspecified atom stereocenters. The number of anilines is 1. The number of guanidine groups is 1. The summed E-state index contributed by atoms with van der Waals surface area (Å²) < 4.78 is 47.8. The maximum Gasteiger partial charge on any atom is 0.573 e. The van der Waals surface area contributed by atoms with Gasteiger partial charge in [-0.3, -0.25) is 10.1 Å². The second kappa shape index (κ2) is 12.7. The van der Waals surface area contributed by atoms with Crippen molar-refractivity contribution in [2.75, 3.05) is 18.6 Å². The van der Waals surface area contributed by atoms with Crippen LogP contribution in [-0.2, 0) is 11.2 Å². The van der Waals surface area contributed by atoms with E-state index < -0.39 is 12.7 Å². The van der Waals surface area contributed by atoms with Crippen molar-refractivity contribution in [3.05, 3.63) is 84.2 Å². The van der Waals surface area contributed by atoms with Gasteiger partial charge in [-0.2, -0.15) is 0 Å². The molecule has 2 atom stereocenters. The third-order valence-electron chi connectivity index (χ3n) is 6.76. The van der Waals surface area contributed by atoms with Gasteiger partial charge < -0.3 is 19.9 Å². The van der Waals surface area contributed by atoms with Gasteiger partial charge in [0.05, 0.1) is 18.5 Å². The van der Waals surface area contributed by atoms with Crippen LogP contribution in [0.3, 0.4) is 0 Å². The Morgan fingerprint density at radius 3 is 2.41 bits per heavy atom. The van der Waals surface area contributed by atoms with Crippen LogP contribution in [0.5, 0.6) is 11.5 Å². The van der Waals surface area contributed by atoms with Crippen LogP contribution in [0.2, 0.25) is 0 Å². The van der Waals surface area contributed by atoms with Crippen LogP contribution in [-0.4, -0.2) is 64.1 Å². The molecule has 3 aromatic carbocycles. The molecule has 0 fully saturated rings. The molecule has 5 rings (SSSR count). The number of alkyl halides is 3. The molecule has 0 saturated carbocycles. The highest BCUT2D eigenvalue weighted by atomic mass is 19.4. The smallest absolute Gasteiger partial charge is 0.497 e. The molecule has 1 aromatic heterocycles. The van der Waals surface area contributed by atoms with Crippen molar-refractivity contribution >= 4 is 17.6 Å². The van der Waals surface area contributed by atoms with Crippen molar-refractivity contribution in [2.24, 2.45) is 4.99 Å². The first-order chi connectivity index (χ1) is 21.0. The van der Waals surface area contributed by atoms with Gasteiger partial charge in [-0.1, -0.05) is 24.3 Å². The molecular weight excluding hydrogens is 579 g/mol. The molecule has 230 valence electrons. The van der Waals surface area contributed by atoms with Gasteiger partial charge in [-0.25, -0.2) is 19.6 Å². The van der Waals surface area contributed by atoms with Crippen molar-refractivity contribution in [1.82, 2.24) is 25.4 Å². The Bertz CT molecular complexity index is 1640. The van der Waals surface area contributed by atoms with E-state index in [1.807, 2.05) is 44.2 Å². The number of amides is 1. The monoisotopic (exact) mass is 609 g/mol. The summed E-state index contributed by atoms with van der Waals surface area (Å²) in [7, 11) is 1.57. The number of benzene rings is 3. The van der Waals surface area contributed by atoms with E-state index in [2.05, 4.69) is 30.4 Å². The first-order valence-electron chi connectivity index (χ1n) is 13.6. The summed E-state index contributed by atoms with van der Waals surface area (Å²) in [6.45, 7) is 3.75. The second-order valence-electron chi connectivity index (χ2n) is 10.1. The number of nitrogens with zero attached hydrogens (tertiary/aromatic N) is 5. The Balaban J connectivity index is 1.15. The number of ether oxygens (including phenoxy) is 2. The minimum absolute atomic E-state index is 0.0290. The number of hydrogen-bond donors (Lipinski definition) is 3. The van der Waals surface area contributed by atoms with Crippen LogP contribution < -0.4 is 25.0 Å². The Labute approximate surface area is 251 Å². The third kappa shape index (κ3) is 7.33. The number of aliphatic hydroxyl groups excluding tert-OH is 1. The summed E-state index contributed by atoms with van der Waals surface area (Å²) >= 11 is 0. The van der Waals surface area contributed by atoms with E-state index in [9.17, 15) is 23.1 Å². The fraction of sp³-hybridized carbons (Fsp3) is 0.267. The average molecular weight is 610 g/mol. The highest BCUT2D eigenvalue weighted by Crippen LogP contribution is 2.27. The van der Waals surface area contributed by atoms with Crippen LogP contribution in [0.4, 0.5) is 18.9 Å². The Morgan fingerprint density at radius 2 is 1.75 bits per heavy atom. The largest absolute Gasteiger partial charge is 0.573 e. The highest BCUT2D eigenvalue weighted by molar-refractivity contribution is 6.21. The number of methoxy groups -OCH3 is 1. The van der Waals surface area contributed by atoms with Gasteiger partial charge in [0.25, 0.3) is 5.91 Å². The number of carbonyl (C=O) groups excluding carboxylic acids is 1. The minimum Gasteiger partial charge on any atom is -0.497 e. The van der Waals surface area contributed by atoms with Crippen molar-refractivity contribution < 1.29 is 32.5 Å². The lowest BCUT2D eigenvalue weighted by Crippen LogP contribution is -2.53. The summed E-state index contributed by atoms with van der Waals surface area (Å²) in [5, 5.41) is 21.0. The molecule has 11 nitrogen and oxygen atoms in total. The number of hydrogen-bond acceptors (Lipinski definition) is 9. The first kappa shape index (κ1) is 30.5. The van der Waals surface area contributed by atoms with Gasteiger partial charge in [0.15, 0.2) is 12.2 Å². The zero-order valence-electron chi connectivity index (χ0n) is 24.0. The number of aliphatic hydroxyl groups is 1. The fourth-order valence-corrected chi connectivity index (χ4v) is 4.72. The van der Waals surface area contributed by atoms with Crippen LogP contribution in [0, 0.1) is 6.92 Å². The van der Waals surface area contributed by atoms with E-state index in [4.69, 9.17) is 4.74 Å². The van der Waals surface area contributed by atoms with Crippen LogP contribution in [0.25, 0.3) is 17.1 Å². The van der Waals surface area contributed by atoms with Gasteiger partial charge in [0, 0.05) is 11.6 Å². The van der Waals surface area contributed by atoms with Crippen LogP contribution in [0.1, 0.15) is 18.1 Å². The molecule has 44 heavy (non-hydrogen) atoms. The molecule has 1 amide bonds. The van der Waals surface area contributed by atoms with Crippen molar-refractivity contribution in [1.29, 1.82) is 0 Å². The zero-order valence-corrected chi connectivity index (χ0v) is 24.0. The summed E-state index contributed by atoms with van der Waals surface area (Å²) in [6.07, 6.45) is -3.87. The molecule has 14 heteroatoms. The van der Waals surface area contributed by atoms with E-state index in [-0.39, 0.29) is 30.2 Å². The van der Waals surface area contributed by atoms with Gasteiger partial charge in [0.1, 0.15) is 24.4 Å². The third-order valence-corrected chi connectivity index (χ3v) is 6.76. The van der Waals surface area contributed by atoms with E-state index in [0.29, 0.717) is 29.4 Å². The van der Waals surface area contributed by atoms with E-state index >= 15 is 0 Å². The fourth-order valence-electron chi connectivity index (χ4n) is 4.72. The zero-order chi connectivity index (χ0) is 31.4. The lowest BCUT2D eigenvalue weighted by Gasteiger charge is -2.25. The van der Waals surface area contributed by atoms with E-state index in [1.165, 1.54) is 40.2 Å². The molecule has 3 N–H and O–H groups in total. The minimum atomic E-state index is -4.76. The lowest BCUT2D eigenvalue weighted by molar-refractivity contribution is -0.274. The van der Waals surface area contributed by atoms with E-state index in [0.717, 1.165) is 16.7 Å². The Hall–Kier alpha value is -4.95. The number of nitrogens with one attached hydrogen (secondary N) is 2. The van der Waals surface area contributed by atoms with Crippen LogP contribution >= 0.6 is 0 Å². The Kier molecular flexibility index (Phi) is 8.83. The quantitative estimate of drug-likeness (QED) is 0.231. The predicted octanol–water partition coefficient (Wildman–Crippen LogP) is 3.94. The van der Waals surface area contributed by atoms with E-state index in [1.54, 1.807) is 19.2 Å². The molecule has 0 bridgehead atoms. The molecule has 0 radical (unpaired) electrons. The maximum atomic E-state index is 12.6. The van der Waals surface area contributed by atoms with Gasteiger partial charge >= 0.3 is 6.36 Å². The number of rotatable bonds is 10. The van der Waals surface area contributed by atoms with Crippen molar-refractivity contribution in [2.45, 2.75) is 39.0 Å². The molecule has 0 saturated heterocycles. The Morgan fingerprint density at radius 1 is 1.05 bits per heavy atom. The molecule has 1 aliphatic heterocycles. The highest BCUT2D eigenvalue weighted by Gasteiger charge is 2.31. The van der Waals surface area contributed by atoms with Gasteiger partial charge in [0.2, 0.25) is 5.96 Å². The summed E-state index contributed by atoms with van der Waals surface area (Å²) in [6, 6.07) is 18.1. The number of aryl methyl sites for hydroxylation is 1. The normalized spacial score (nSPS) is 14.8. The van der Waals surface area contributed by atoms with Gasteiger partial charge in [-0.05, 0) is 73.9 Å². The standard InChI is InChI=1S/C30H30F3N7O4/c1-18-14-24(43-3)12-13-25(18)40-26(41)16-34-28(40)37-29(42)36-19(2)15-20-4-6-21(7-5-20)27-35-17-39(38-27)22-8-10-23(11-9-22)44-30(31,32)33/h4-14,17,19,29,36,42H,15-16H2,1-3H3,(H,34,37). The van der Waals surface area contributed by atoms with Crippen molar-refractivity contribution in [3.8, 4) is 28.6 Å². The average Bonchev–Trinajstić information content (AvgIpc) is 3.60. The molecule has 1 aliphatic rings. The van der Waals surface area contributed by atoms with Gasteiger partial charge in [-0.15, -0.1) is 18.3 Å². The first-order valence-corrected chi connectivity index (χ1v) is 13.6. The molecule has 4 aromatic rings.